The Labute approximate surface area is 140 Å². The molecule has 0 bridgehead atoms. The van der Waals surface area contributed by atoms with E-state index in [1.54, 1.807) is 0 Å². The van der Waals surface area contributed by atoms with Gasteiger partial charge in [-0.2, -0.15) is 0 Å². The average molecular weight is 337 g/mol. The molecule has 0 aliphatic rings. The molecule has 0 aliphatic carbocycles. The molecular weight excluding hydrogens is 314 g/mol. The van der Waals surface area contributed by atoms with Gasteiger partial charge in [0.05, 0.1) is 7.11 Å². The summed E-state index contributed by atoms with van der Waals surface area (Å²) < 4.78 is 9.65. The van der Waals surface area contributed by atoms with Gasteiger partial charge in [-0.25, -0.2) is 14.4 Å². The number of methoxy groups -OCH3 is 1. The lowest BCUT2D eigenvalue weighted by Crippen LogP contribution is -2.44. The molecule has 0 saturated carbocycles. The number of carbonyl (C=O) groups excluding carboxylic acids is 3. The Hall–Kier alpha value is -2.77. The molecule has 1 atom stereocenters. The van der Waals surface area contributed by atoms with Crippen LogP contribution in [0.2, 0.25) is 0 Å². The maximum Gasteiger partial charge on any atom is 0.407 e. The molecule has 3 amide bonds. The van der Waals surface area contributed by atoms with Gasteiger partial charge < -0.3 is 25.8 Å². The smallest absolute Gasteiger partial charge is 0.407 e. The van der Waals surface area contributed by atoms with Crippen molar-refractivity contribution in [2.45, 2.75) is 31.9 Å². The summed E-state index contributed by atoms with van der Waals surface area (Å²) in [7, 11) is 1.24. The van der Waals surface area contributed by atoms with Gasteiger partial charge in [0.15, 0.2) is 0 Å². The lowest BCUT2D eigenvalue weighted by Gasteiger charge is -2.14. The van der Waals surface area contributed by atoms with E-state index in [9.17, 15) is 14.4 Å². The van der Waals surface area contributed by atoms with Crippen LogP contribution in [0.3, 0.4) is 0 Å². The number of esters is 1. The molecule has 4 N–H and O–H groups in total. The third kappa shape index (κ3) is 8.02. The number of carbonyl (C=O) groups is 3. The molecule has 8 nitrogen and oxygen atoms in total. The van der Waals surface area contributed by atoms with E-state index in [1.807, 2.05) is 30.3 Å². The minimum Gasteiger partial charge on any atom is -0.467 e. The maximum atomic E-state index is 11.5. The second-order valence-corrected chi connectivity index (χ2v) is 5.07. The number of nitrogens with one attached hydrogen (secondary N) is 2. The highest BCUT2D eigenvalue weighted by molar-refractivity contribution is 5.82. The van der Waals surface area contributed by atoms with E-state index in [4.69, 9.17) is 10.5 Å². The van der Waals surface area contributed by atoms with Crippen molar-refractivity contribution in [3.05, 3.63) is 35.9 Å². The van der Waals surface area contributed by atoms with E-state index in [-0.39, 0.29) is 6.61 Å². The molecule has 132 valence electrons. The number of primary amides is 1. The van der Waals surface area contributed by atoms with Gasteiger partial charge in [0.2, 0.25) is 0 Å². The van der Waals surface area contributed by atoms with Crippen molar-refractivity contribution < 1.29 is 23.9 Å². The minimum absolute atomic E-state index is 0.208. The number of unbranched alkanes of at least 4 members (excludes halogenated alkanes) is 1. The fraction of sp³-hybridized carbons (Fsp3) is 0.438. The predicted octanol–water partition coefficient (Wildman–Crippen LogP) is 1.29. The number of hydrogen-bond acceptors (Lipinski definition) is 5. The van der Waals surface area contributed by atoms with Crippen molar-refractivity contribution in [1.82, 2.24) is 10.6 Å². The average Bonchev–Trinajstić information content (AvgIpc) is 2.58. The standard InChI is InChI=1S/C16H23N3O5/c1-23-14(20)13(19-15(17)21)9-5-6-10-18-16(22)24-11-12-7-3-2-4-8-12/h2-4,7-8,13H,5-6,9-11H2,1H3,(H,18,22)(H3,17,19,21)/t13-/m0/s1. The zero-order valence-electron chi connectivity index (χ0n) is 13.6. The van der Waals surface area contributed by atoms with Gasteiger partial charge in [-0.3, -0.25) is 0 Å². The molecule has 0 fully saturated rings. The number of nitrogens with two attached hydrogens (primary N) is 1. The highest BCUT2D eigenvalue weighted by Crippen LogP contribution is 2.03. The van der Waals surface area contributed by atoms with Crippen LogP contribution in [0, 0.1) is 0 Å². The van der Waals surface area contributed by atoms with Gasteiger partial charge >= 0.3 is 18.1 Å². The van der Waals surface area contributed by atoms with Crippen LogP contribution in [0.5, 0.6) is 0 Å². The number of alkyl carbamates (subject to hydrolysis) is 1. The molecule has 0 radical (unpaired) electrons. The maximum absolute atomic E-state index is 11.5. The second-order valence-electron chi connectivity index (χ2n) is 5.07. The van der Waals surface area contributed by atoms with Crippen molar-refractivity contribution in [3.8, 4) is 0 Å². The third-order valence-corrected chi connectivity index (χ3v) is 3.20. The summed E-state index contributed by atoms with van der Waals surface area (Å²) in [6.45, 7) is 0.609. The normalized spacial score (nSPS) is 11.2. The van der Waals surface area contributed by atoms with E-state index in [0.29, 0.717) is 25.8 Å². The summed E-state index contributed by atoms with van der Waals surface area (Å²) in [4.78, 5) is 33.8. The summed E-state index contributed by atoms with van der Waals surface area (Å²) in [5, 5.41) is 4.94. The van der Waals surface area contributed by atoms with Crippen LogP contribution >= 0.6 is 0 Å². The van der Waals surface area contributed by atoms with Gasteiger partial charge in [-0.1, -0.05) is 30.3 Å². The molecule has 24 heavy (non-hydrogen) atoms. The molecule has 0 saturated heterocycles. The lowest BCUT2D eigenvalue weighted by atomic mass is 10.1. The van der Waals surface area contributed by atoms with E-state index in [2.05, 4.69) is 15.4 Å². The van der Waals surface area contributed by atoms with Gasteiger partial charge in [-0.15, -0.1) is 0 Å². The molecule has 0 aromatic heterocycles. The van der Waals surface area contributed by atoms with Crippen molar-refractivity contribution in [2.75, 3.05) is 13.7 Å². The summed E-state index contributed by atoms with van der Waals surface area (Å²) in [5.41, 5.74) is 5.91. The fourth-order valence-electron chi connectivity index (χ4n) is 2.00. The van der Waals surface area contributed by atoms with Crippen LogP contribution in [0.4, 0.5) is 9.59 Å². The molecular formula is C16H23N3O5. The Bertz CT molecular complexity index is 536. The molecule has 1 rings (SSSR count). The number of urea groups is 1. The van der Waals surface area contributed by atoms with Crippen LogP contribution in [-0.2, 0) is 20.9 Å². The topological polar surface area (TPSA) is 120 Å². The molecule has 0 unspecified atom stereocenters. The Morgan fingerprint density at radius 3 is 2.50 bits per heavy atom. The Morgan fingerprint density at radius 2 is 1.88 bits per heavy atom. The molecule has 0 heterocycles. The van der Waals surface area contributed by atoms with Crippen molar-refractivity contribution in [1.29, 1.82) is 0 Å². The zero-order chi connectivity index (χ0) is 17.8. The van der Waals surface area contributed by atoms with Crippen LogP contribution in [0.1, 0.15) is 24.8 Å². The van der Waals surface area contributed by atoms with E-state index in [0.717, 1.165) is 5.56 Å². The summed E-state index contributed by atoms with van der Waals surface area (Å²) in [6, 6.07) is 7.80. The first kappa shape index (κ1) is 19.3. The van der Waals surface area contributed by atoms with Crippen LogP contribution < -0.4 is 16.4 Å². The summed E-state index contributed by atoms with van der Waals surface area (Å²) in [5.74, 6) is -0.552. The number of ether oxygens (including phenoxy) is 2. The third-order valence-electron chi connectivity index (χ3n) is 3.20. The van der Waals surface area contributed by atoms with Gasteiger partial charge in [-0.05, 0) is 24.8 Å². The molecule has 1 aromatic rings. The van der Waals surface area contributed by atoms with Gasteiger partial charge in [0.1, 0.15) is 12.6 Å². The molecule has 1 aromatic carbocycles. The Morgan fingerprint density at radius 1 is 1.17 bits per heavy atom. The summed E-state index contributed by atoms with van der Waals surface area (Å²) in [6.07, 6.45) is 1.09. The van der Waals surface area contributed by atoms with Gasteiger partial charge in [0, 0.05) is 6.54 Å². The molecule has 0 aliphatic heterocycles. The highest BCUT2D eigenvalue weighted by Gasteiger charge is 2.19. The van der Waals surface area contributed by atoms with Crippen LogP contribution in [-0.4, -0.2) is 37.8 Å². The Balaban J connectivity index is 2.16. The predicted molar refractivity (Wildman–Crippen MR) is 87.0 cm³/mol. The number of rotatable bonds is 9. The second kappa shape index (κ2) is 10.9. The number of amides is 3. The van der Waals surface area contributed by atoms with Crippen LogP contribution in [0.25, 0.3) is 0 Å². The zero-order valence-corrected chi connectivity index (χ0v) is 13.6. The van der Waals surface area contributed by atoms with Crippen molar-refractivity contribution in [2.24, 2.45) is 5.73 Å². The molecule has 0 spiro atoms. The van der Waals surface area contributed by atoms with Crippen molar-refractivity contribution in [3.63, 3.8) is 0 Å². The first-order valence-corrected chi connectivity index (χ1v) is 7.61. The highest BCUT2D eigenvalue weighted by atomic mass is 16.5. The monoisotopic (exact) mass is 337 g/mol. The number of benzene rings is 1. The van der Waals surface area contributed by atoms with E-state index < -0.39 is 24.1 Å². The van der Waals surface area contributed by atoms with Gasteiger partial charge in [0.25, 0.3) is 0 Å². The minimum atomic E-state index is -0.784. The fourth-order valence-corrected chi connectivity index (χ4v) is 2.00. The van der Waals surface area contributed by atoms with Crippen molar-refractivity contribution >= 4 is 18.1 Å². The number of hydrogen-bond donors (Lipinski definition) is 3. The first-order chi connectivity index (χ1) is 11.5. The molecule has 8 heteroatoms. The van der Waals surface area contributed by atoms with E-state index in [1.165, 1.54) is 7.11 Å². The van der Waals surface area contributed by atoms with Crippen LogP contribution in [0.15, 0.2) is 30.3 Å². The SMILES string of the molecule is COC(=O)[C@H](CCCCNC(=O)OCc1ccccc1)NC(N)=O. The Kier molecular flexibility index (Phi) is 8.73. The van der Waals surface area contributed by atoms with E-state index >= 15 is 0 Å². The largest absolute Gasteiger partial charge is 0.467 e. The summed E-state index contributed by atoms with van der Waals surface area (Å²) >= 11 is 0. The first-order valence-electron chi connectivity index (χ1n) is 7.61. The lowest BCUT2D eigenvalue weighted by molar-refractivity contribution is -0.143. The quantitative estimate of drug-likeness (QED) is 0.463.